The number of sulfonamides is 1. The lowest BCUT2D eigenvalue weighted by atomic mass is 10.2. The Labute approximate surface area is 66.8 Å². The van der Waals surface area contributed by atoms with Gasteiger partial charge in [-0.1, -0.05) is 6.08 Å². The van der Waals surface area contributed by atoms with Gasteiger partial charge in [-0.25, -0.2) is 13.6 Å². The van der Waals surface area contributed by atoms with Gasteiger partial charge in [0.05, 0.1) is 11.9 Å². The van der Waals surface area contributed by atoms with Crippen molar-refractivity contribution in [3.05, 3.63) is 12.7 Å². The number of nitrogens with two attached hydrogens (primary N) is 1. The Balaban J connectivity index is 4.07. The Morgan fingerprint density at radius 2 is 2.18 bits per heavy atom. The molecule has 4 nitrogen and oxygen atoms in total. The summed E-state index contributed by atoms with van der Waals surface area (Å²) in [6.07, 6.45) is 2.47. The molecule has 1 atom stereocenters. The minimum atomic E-state index is -3.58. The first-order valence-corrected chi connectivity index (χ1v) is 4.86. The van der Waals surface area contributed by atoms with Gasteiger partial charge in [-0.3, -0.25) is 0 Å². The molecule has 0 aliphatic rings. The van der Waals surface area contributed by atoms with Crippen LogP contribution in [0.25, 0.3) is 0 Å². The van der Waals surface area contributed by atoms with Crippen molar-refractivity contribution in [2.75, 3.05) is 6.61 Å². The topological polar surface area (TPSA) is 80.4 Å². The van der Waals surface area contributed by atoms with Crippen molar-refractivity contribution in [3.8, 4) is 0 Å². The van der Waals surface area contributed by atoms with Gasteiger partial charge in [0, 0.05) is 0 Å². The predicted molar refractivity (Wildman–Crippen MR) is 43.4 cm³/mol. The smallest absolute Gasteiger partial charge is 0.214 e. The number of rotatable bonds is 5. The van der Waals surface area contributed by atoms with E-state index in [4.69, 9.17) is 10.2 Å². The third-order valence-corrected chi connectivity index (χ3v) is 2.68. The molecule has 0 radical (unpaired) electrons. The highest BCUT2D eigenvalue weighted by atomic mass is 32.2. The summed E-state index contributed by atoms with van der Waals surface area (Å²) in [5.41, 5.74) is 0. The molecule has 0 aromatic heterocycles. The predicted octanol–water partition coefficient (Wildman–Crippen LogP) is -0.398. The van der Waals surface area contributed by atoms with Crippen LogP contribution in [0.4, 0.5) is 0 Å². The van der Waals surface area contributed by atoms with Crippen molar-refractivity contribution < 1.29 is 13.5 Å². The molecule has 0 aromatic carbocycles. The molecule has 11 heavy (non-hydrogen) atoms. The molecule has 0 spiro atoms. The molecule has 0 saturated heterocycles. The molecule has 0 amide bonds. The lowest BCUT2D eigenvalue weighted by Crippen LogP contribution is -2.31. The van der Waals surface area contributed by atoms with Gasteiger partial charge < -0.3 is 5.11 Å². The van der Waals surface area contributed by atoms with Gasteiger partial charge in [-0.15, -0.1) is 6.58 Å². The number of allylic oxidation sites excluding steroid dienone is 1. The number of hydrogen-bond acceptors (Lipinski definition) is 3. The molecule has 1 unspecified atom stereocenters. The summed E-state index contributed by atoms with van der Waals surface area (Å²) in [5.74, 6) is 0. The van der Waals surface area contributed by atoms with Crippen LogP contribution in [0.2, 0.25) is 0 Å². The third-order valence-electron chi connectivity index (χ3n) is 1.36. The molecule has 5 heteroatoms. The van der Waals surface area contributed by atoms with Crippen molar-refractivity contribution in [1.29, 1.82) is 0 Å². The fourth-order valence-electron chi connectivity index (χ4n) is 0.663. The van der Waals surface area contributed by atoms with Crippen molar-refractivity contribution in [2.24, 2.45) is 5.14 Å². The first kappa shape index (κ1) is 10.6. The summed E-state index contributed by atoms with van der Waals surface area (Å²) in [6.45, 7) is 3.01. The first-order valence-electron chi connectivity index (χ1n) is 3.25. The summed E-state index contributed by atoms with van der Waals surface area (Å²) in [4.78, 5) is 0. The van der Waals surface area contributed by atoms with Crippen LogP contribution in [0, 0.1) is 0 Å². The van der Waals surface area contributed by atoms with Gasteiger partial charge in [0.2, 0.25) is 10.0 Å². The molecule has 0 saturated carbocycles. The fourth-order valence-corrected chi connectivity index (χ4v) is 1.34. The molecule has 0 aromatic rings. The highest BCUT2D eigenvalue weighted by Gasteiger charge is 2.18. The Bertz CT molecular complexity index is 210. The summed E-state index contributed by atoms with van der Waals surface area (Å²) in [6, 6.07) is 0. The minimum absolute atomic E-state index is 0.332. The molecule has 0 fully saturated rings. The Hall–Kier alpha value is -0.390. The van der Waals surface area contributed by atoms with Crippen LogP contribution in [-0.2, 0) is 10.0 Å². The lowest BCUT2D eigenvalue weighted by Gasteiger charge is -2.08. The van der Waals surface area contributed by atoms with Crippen LogP contribution in [0.15, 0.2) is 12.7 Å². The van der Waals surface area contributed by atoms with Crippen LogP contribution in [0.1, 0.15) is 12.8 Å². The second-order valence-corrected chi connectivity index (χ2v) is 4.10. The van der Waals surface area contributed by atoms with Crippen LogP contribution in [-0.4, -0.2) is 25.4 Å². The van der Waals surface area contributed by atoms with E-state index < -0.39 is 21.9 Å². The van der Waals surface area contributed by atoms with E-state index in [1.165, 1.54) is 0 Å². The minimum Gasteiger partial charge on any atom is -0.395 e. The number of aliphatic hydroxyl groups excluding tert-OH is 1. The Kier molecular flexibility index (Phi) is 4.32. The zero-order valence-corrected chi connectivity index (χ0v) is 7.05. The van der Waals surface area contributed by atoms with Gasteiger partial charge in [0.1, 0.15) is 0 Å². The zero-order chi connectivity index (χ0) is 8.91. The number of primary sulfonamides is 1. The highest BCUT2D eigenvalue weighted by Crippen LogP contribution is 2.04. The second kappa shape index (κ2) is 4.48. The van der Waals surface area contributed by atoms with E-state index in [-0.39, 0.29) is 0 Å². The normalized spacial score (nSPS) is 14.4. The van der Waals surface area contributed by atoms with Gasteiger partial charge in [0.15, 0.2) is 0 Å². The molecular weight excluding hydrogens is 166 g/mol. The SMILES string of the molecule is C=CCCC(CO)S(N)(=O)=O. The van der Waals surface area contributed by atoms with Gasteiger partial charge in [0.25, 0.3) is 0 Å². The molecule has 0 heterocycles. The van der Waals surface area contributed by atoms with Gasteiger partial charge >= 0.3 is 0 Å². The molecule has 0 aliphatic heterocycles. The van der Waals surface area contributed by atoms with Crippen LogP contribution in [0.3, 0.4) is 0 Å². The monoisotopic (exact) mass is 179 g/mol. The highest BCUT2D eigenvalue weighted by molar-refractivity contribution is 7.89. The standard InChI is InChI=1S/C6H13NO3S/c1-2-3-4-6(5-8)11(7,9)10/h2,6,8H,1,3-5H2,(H2,7,9,10). The maximum absolute atomic E-state index is 10.7. The van der Waals surface area contributed by atoms with E-state index >= 15 is 0 Å². The Morgan fingerprint density at radius 1 is 1.64 bits per heavy atom. The molecule has 66 valence electrons. The summed E-state index contributed by atoms with van der Waals surface area (Å²) in [7, 11) is -3.58. The van der Waals surface area contributed by atoms with Crippen molar-refractivity contribution in [1.82, 2.24) is 0 Å². The van der Waals surface area contributed by atoms with Crippen molar-refractivity contribution in [3.63, 3.8) is 0 Å². The lowest BCUT2D eigenvalue weighted by molar-refractivity contribution is 0.286. The largest absolute Gasteiger partial charge is 0.395 e. The van der Waals surface area contributed by atoms with Gasteiger partial charge in [-0.05, 0) is 12.8 Å². The molecule has 0 bridgehead atoms. The van der Waals surface area contributed by atoms with E-state index in [1.807, 2.05) is 0 Å². The molecular formula is C6H13NO3S. The maximum atomic E-state index is 10.7. The van der Waals surface area contributed by atoms with E-state index in [1.54, 1.807) is 6.08 Å². The van der Waals surface area contributed by atoms with Crippen molar-refractivity contribution >= 4 is 10.0 Å². The third kappa shape index (κ3) is 4.13. The quantitative estimate of drug-likeness (QED) is 0.564. The number of hydrogen-bond donors (Lipinski definition) is 2. The van der Waals surface area contributed by atoms with E-state index in [9.17, 15) is 8.42 Å². The summed E-state index contributed by atoms with van der Waals surface area (Å²) >= 11 is 0. The fraction of sp³-hybridized carbons (Fsp3) is 0.667. The summed E-state index contributed by atoms with van der Waals surface area (Å²) < 4.78 is 21.3. The molecule has 3 N–H and O–H groups in total. The first-order chi connectivity index (χ1) is 5.02. The average Bonchev–Trinajstić information content (AvgIpc) is 1.87. The van der Waals surface area contributed by atoms with Crippen LogP contribution in [0.5, 0.6) is 0 Å². The maximum Gasteiger partial charge on any atom is 0.214 e. The zero-order valence-electron chi connectivity index (χ0n) is 6.23. The molecule has 0 rings (SSSR count). The van der Waals surface area contributed by atoms with Crippen molar-refractivity contribution in [2.45, 2.75) is 18.1 Å². The van der Waals surface area contributed by atoms with E-state index in [0.29, 0.717) is 12.8 Å². The molecule has 0 aliphatic carbocycles. The summed E-state index contributed by atoms with van der Waals surface area (Å²) in [5, 5.41) is 12.6. The average molecular weight is 179 g/mol. The van der Waals surface area contributed by atoms with Crippen LogP contribution >= 0.6 is 0 Å². The Morgan fingerprint density at radius 3 is 2.45 bits per heavy atom. The van der Waals surface area contributed by atoms with E-state index in [0.717, 1.165) is 0 Å². The van der Waals surface area contributed by atoms with Crippen LogP contribution < -0.4 is 5.14 Å². The van der Waals surface area contributed by atoms with Gasteiger partial charge in [-0.2, -0.15) is 0 Å². The number of aliphatic hydroxyl groups is 1. The van der Waals surface area contributed by atoms with E-state index in [2.05, 4.69) is 6.58 Å². The second-order valence-electron chi connectivity index (χ2n) is 2.26.